The van der Waals surface area contributed by atoms with Gasteiger partial charge >= 0.3 is 0 Å². The standard InChI is InChI=1S/C10H27BrSi4/c1-13(2,3)10(12-11,14(4,5)6)15(7,8)9/h1-9H3/q-1. The van der Waals surface area contributed by atoms with Crippen LogP contribution in [-0.4, -0.2) is 32.4 Å². The van der Waals surface area contributed by atoms with Crippen LogP contribution in [0.15, 0.2) is 0 Å². The van der Waals surface area contributed by atoms with Crippen molar-refractivity contribution in [3.8, 4) is 0 Å². The Kier molecular flexibility index (Phi) is 4.96. The SMILES string of the molecule is C[Si](C)(C)C([Si-]Br)([Si](C)(C)C)[Si](C)(C)C. The van der Waals surface area contributed by atoms with Crippen LogP contribution < -0.4 is 0 Å². The van der Waals surface area contributed by atoms with Gasteiger partial charge < -0.3 is 23.4 Å². The van der Waals surface area contributed by atoms with Gasteiger partial charge in [-0.15, -0.1) is 0 Å². The van der Waals surface area contributed by atoms with Crippen LogP contribution in [0.4, 0.5) is 0 Å². The van der Waals surface area contributed by atoms with E-state index in [1.54, 1.807) is 0 Å². The molecule has 5 heteroatoms. The Morgan fingerprint density at radius 3 is 0.867 bits per heavy atom. The van der Waals surface area contributed by atoms with Gasteiger partial charge in [0.25, 0.3) is 0 Å². The maximum absolute atomic E-state index is 3.91. The zero-order valence-corrected chi connectivity index (χ0v) is 17.5. The molecule has 0 rings (SSSR count). The first kappa shape index (κ1) is 16.3. The molecule has 0 heterocycles. The van der Waals surface area contributed by atoms with Gasteiger partial charge in [0.15, 0.2) is 0 Å². The van der Waals surface area contributed by atoms with E-state index in [0.29, 0.717) is 3.91 Å². The zero-order chi connectivity index (χ0) is 12.7. The fourth-order valence-corrected chi connectivity index (χ4v) is 50.3. The van der Waals surface area contributed by atoms with Crippen LogP contribution in [0.1, 0.15) is 0 Å². The van der Waals surface area contributed by atoms with Crippen molar-refractivity contribution in [2.45, 2.75) is 62.8 Å². The summed E-state index contributed by atoms with van der Waals surface area (Å²) < 4.78 is 0.715. The number of hydrogen-bond donors (Lipinski definition) is 0. The summed E-state index contributed by atoms with van der Waals surface area (Å²) in [6.07, 6.45) is 0. The molecule has 0 aliphatic carbocycles. The van der Waals surface area contributed by atoms with E-state index in [9.17, 15) is 0 Å². The highest BCUT2D eigenvalue weighted by molar-refractivity contribution is 9.23. The molecule has 0 aromatic carbocycles. The lowest BCUT2D eigenvalue weighted by Gasteiger charge is -2.67. The summed E-state index contributed by atoms with van der Waals surface area (Å²) in [7, 11) is -2.39. The van der Waals surface area contributed by atoms with Gasteiger partial charge in [-0.25, -0.2) is 0 Å². The maximum atomic E-state index is 3.91. The first-order chi connectivity index (χ1) is 6.31. The molecule has 0 unspecified atom stereocenters. The van der Waals surface area contributed by atoms with Crippen molar-refractivity contribution in [3.05, 3.63) is 0 Å². The molecule has 91 valence electrons. The first-order valence-corrected chi connectivity index (χ1v) is 19.4. The van der Waals surface area contributed by atoms with Crippen LogP contribution in [0.25, 0.3) is 0 Å². The van der Waals surface area contributed by atoms with E-state index in [1.807, 2.05) is 0 Å². The van der Waals surface area contributed by atoms with E-state index in [-0.39, 0.29) is 0 Å². The molecule has 0 saturated carbocycles. The van der Waals surface area contributed by atoms with E-state index in [2.05, 4.69) is 74.2 Å². The second-order valence-corrected chi connectivity index (χ2v) is 28.5. The number of rotatable bonds is 4. The Morgan fingerprint density at radius 1 is 0.667 bits per heavy atom. The van der Waals surface area contributed by atoms with Crippen molar-refractivity contribution < 1.29 is 0 Å². The lowest BCUT2D eigenvalue weighted by Crippen LogP contribution is -2.67. The summed E-state index contributed by atoms with van der Waals surface area (Å²) in [5.74, 6) is 0. The summed E-state index contributed by atoms with van der Waals surface area (Å²) in [5, 5.41) is 0. The van der Waals surface area contributed by atoms with Crippen LogP contribution in [0, 0.1) is 0 Å². The largest absolute Gasteiger partial charge is 0.394 e. The average Bonchev–Trinajstić information content (AvgIpc) is 1.76. The van der Waals surface area contributed by atoms with Crippen molar-refractivity contribution >= 4 is 47.7 Å². The average molecular weight is 340 g/mol. The Morgan fingerprint density at radius 2 is 0.867 bits per heavy atom. The lowest BCUT2D eigenvalue weighted by atomic mass is 11.6. The molecule has 0 aromatic heterocycles. The first-order valence-electron chi connectivity index (χ1n) is 5.69. The van der Waals surface area contributed by atoms with Gasteiger partial charge in [-0.2, -0.15) is 3.91 Å². The lowest BCUT2D eigenvalue weighted by molar-refractivity contribution is 1.24. The van der Waals surface area contributed by atoms with E-state index >= 15 is 0 Å². The van der Waals surface area contributed by atoms with E-state index in [0.717, 1.165) is 8.14 Å². The molecule has 0 N–H and O–H groups in total. The molecular weight excluding hydrogens is 312 g/mol. The number of halogens is 1. The zero-order valence-electron chi connectivity index (χ0n) is 11.9. The third-order valence-electron chi connectivity index (χ3n) is 3.52. The third-order valence-corrected chi connectivity index (χ3v) is 37.0. The van der Waals surface area contributed by atoms with Gasteiger partial charge in [-0.05, 0) is 0 Å². The molecule has 0 aliphatic rings. The van der Waals surface area contributed by atoms with Gasteiger partial charge in [-0.1, -0.05) is 58.9 Å². The quantitative estimate of drug-likeness (QED) is 0.510. The minimum Gasteiger partial charge on any atom is -0.394 e. The predicted octanol–water partition coefficient (Wildman–Crippen LogP) is 4.79. The highest BCUT2D eigenvalue weighted by Crippen LogP contribution is 2.53. The van der Waals surface area contributed by atoms with Crippen molar-refractivity contribution in [1.29, 1.82) is 0 Å². The summed E-state index contributed by atoms with van der Waals surface area (Å²) in [6.45, 7) is 23.2. The van der Waals surface area contributed by atoms with Crippen LogP contribution in [-0.2, 0) is 0 Å². The van der Waals surface area contributed by atoms with Crippen molar-refractivity contribution in [2.75, 3.05) is 0 Å². The van der Waals surface area contributed by atoms with E-state index in [4.69, 9.17) is 0 Å². The summed E-state index contributed by atoms with van der Waals surface area (Å²) in [4.78, 5) is 0. The maximum Gasteiger partial charge on any atom is 0.0109 e. The number of hydrogen-bond acceptors (Lipinski definition) is 0. The van der Waals surface area contributed by atoms with Crippen LogP contribution >= 0.6 is 15.3 Å². The van der Waals surface area contributed by atoms with Gasteiger partial charge in [0.2, 0.25) is 0 Å². The van der Waals surface area contributed by atoms with Crippen LogP contribution in [0.3, 0.4) is 0 Å². The van der Waals surface area contributed by atoms with Gasteiger partial charge in [0.05, 0.1) is 0 Å². The minimum absolute atomic E-state index is 0.715. The Labute approximate surface area is 110 Å². The Balaban J connectivity index is 5.78. The second-order valence-electron chi connectivity index (χ2n) is 7.59. The molecule has 0 fully saturated rings. The Hall–Kier alpha value is 1.35. The summed E-state index contributed by atoms with van der Waals surface area (Å²) in [5.41, 5.74) is 0. The van der Waals surface area contributed by atoms with Crippen LogP contribution in [0.5, 0.6) is 0 Å². The van der Waals surface area contributed by atoms with Crippen LogP contribution in [0.2, 0.25) is 62.8 Å². The molecule has 0 spiro atoms. The fourth-order valence-electron chi connectivity index (χ4n) is 3.80. The second kappa shape index (κ2) is 4.55. The van der Waals surface area contributed by atoms with Crippen molar-refractivity contribution in [3.63, 3.8) is 0 Å². The van der Waals surface area contributed by atoms with Gasteiger partial charge in [0.1, 0.15) is 0 Å². The smallest absolute Gasteiger partial charge is 0.0109 e. The minimum atomic E-state index is -1.12. The summed E-state index contributed by atoms with van der Waals surface area (Å²) in [6, 6.07) is 0. The van der Waals surface area contributed by atoms with Crippen molar-refractivity contribution in [1.82, 2.24) is 0 Å². The molecule has 0 bridgehead atoms. The summed E-state index contributed by atoms with van der Waals surface area (Å²) >= 11 is 3.91. The molecule has 1 radical (unpaired) electrons. The highest BCUT2D eigenvalue weighted by atomic mass is 79.9. The Bertz CT molecular complexity index is 183. The molecule has 0 aromatic rings. The third kappa shape index (κ3) is 2.78. The normalized spacial score (nSPS) is 15.6. The monoisotopic (exact) mass is 338 g/mol. The molecule has 0 aliphatic heterocycles. The molecule has 0 amide bonds. The van der Waals surface area contributed by atoms with E-state index < -0.39 is 24.2 Å². The molecule has 0 atom stereocenters. The fraction of sp³-hybridized carbons (Fsp3) is 1.00. The predicted molar refractivity (Wildman–Crippen MR) is 87.4 cm³/mol. The topological polar surface area (TPSA) is 0 Å². The molecule has 0 nitrogen and oxygen atoms in total. The van der Waals surface area contributed by atoms with Crippen molar-refractivity contribution in [2.24, 2.45) is 0 Å². The molecule has 15 heavy (non-hydrogen) atoms. The van der Waals surface area contributed by atoms with Gasteiger partial charge in [-0.3, -0.25) is 0 Å². The highest BCUT2D eigenvalue weighted by Gasteiger charge is 2.50. The molecule has 0 saturated heterocycles. The van der Waals surface area contributed by atoms with E-state index in [1.165, 1.54) is 0 Å². The van der Waals surface area contributed by atoms with Gasteiger partial charge in [0, 0.05) is 24.2 Å². The molecular formula is C10H27BrSi4-.